The molecule has 3 rings (SSSR count). The van der Waals surface area contributed by atoms with Gasteiger partial charge in [-0.25, -0.2) is 0 Å². The summed E-state index contributed by atoms with van der Waals surface area (Å²) in [5.74, 6) is 0.859. The summed E-state index contributed by atoms with van der Waals surface area (Å²) in [7, 11) is 0. The highest BCUT2D eigenvalue weighted by Crippen LogP contribution is 2.37. The molecule has 1 unspecified atom stereocenters. The second kappa shape index (κ2) is 4.29. The van der Waals surface area contributed by atoms with Crippen LogP contribution in [0.1, 0.15) is 37.7 Å². The van der Waals surface area contributed by atoms with Crippen molar-refractivity contribution >= 4 is 17.3 Å². The molecule has 1 aliphatic heterocycles. The molecular formula is C14H18ClN. The third-order valence-corrected chi connectivity index (χ3v) is 4.46. The molecule has 1 heterocycles. The summed E-state index contributed by atoms with van der Waals surface area (Å²) >= 11 is 6.23. The Bertz CT molecular complexity index is 382. The molecule has 2 aliphatic rings. The molecule has 1 aliphatic carbocycles. The van der Waals surface area contributed by atoms with Gasteiger partial charge >= 0.3 is 0 Å². The quantitative estimate of drug-likeness (QED) is 0.767. The molecule has 16 heavy (non-hydrogen) atoms. The maximum absolute atomic E-state index is 6.23. The number of hydrogen-bond acceptors (Lipinski definition) is 1. The van der Waals surface area contributed by atoms with Crippen LogP contribution in [-0.2, 0) is 6.42 Å². The van der Waals surface area contributed by atoms with Crippen LogP contribution in [0.5, 0.6) is 0 Å². The number of halogens is 1. The summed E-state index contributed by atoms with van der Waals surface area (Å²) in [5, 5.41) is 4.59. The van der Waals surface area contributed by atoms with E-state index < -0.39 is 0 Å². The number of benzene rings is 1. The first-order valence-electron chi connectivity index (χ1n) is 6.38. The predicted octanol–water partition coefficient (Wildman–Crippen LogP) is 4.26. The summed E-state index contributed by atoms with van der Waals surface area (Å²) in [4.78, 5) is 0. The summed E-state index contributed by atoms with van der Waals surface area (Å²) in [6.07, 6.45) is 8.16. The molecular weight excluding hydrogens is 218 g/mol. The molecule has 0 saturated heterocycles. The summed E-state index contributed by atoms with van der Waals surface area (Å²) in [5.41, 5.74) is 2.60. The van der Waals surface area contributed by atoms with Gasteiger partial charge in [-0.3, -0.25) is 0 Å². The Kier molecular flexibility index (Phi) is 2.81. The van der Waals surface area contributed by atoms with Crippen LogP contribution in [0.25, 0.3) is 0 Å². The normalized spacial score (nSPS) is 25.2. The molecule has 1 N–H and O–H groups in total. The minimum atomic E-state index is 0.634. The monoisotopic (exact) mass is 235 g/mol. The van der Waals surface area contributed by atoms with E-state index in [0.717, 1.165) is 17.4 Å². The maximum atomic E-state index is 6.23. The van der Waals surface area contributed by atoms with E-state index in [2.05, 4.69) is 11.4 Å². The van der Waals surface area contributed by atoms with Crippen LogP contribution in [0.2, 0.25) is 5.02 Å². The number of anilines is 1. The Balaban J connectivity index is 1.77. The minimum absolute atomic E-state index is 0.634. The number of fused-ring (bicyclic) bond motifs is 1. The lowest BCUT2D eigenvalue weighted by atomic mass is 9.83. The zero-order chi connectivity index (χ0) is 11.0. The molecule has 0 aromatic heterocycles. The lowest BCUT2D eigenvalue weighted by molar-refractivity contribution is 0.321. The van der Waals surface area contributed by atoms with E-state index in [-0.39, 0.29) is 0 Å². The summed E-state index contributed by atoms with van der Waals surface area (Å²) in [6, 6.07) is 6.84. The van der Waals surface area contributed by atoms with E-state index in [1.807, 2.05) is 12.1 Å². The van der Waals surface area contributed by atoms with Crippen molar-refractivity contribution in [2.45, 2.75) is 44.6 Å². The van der Waals surface area contributed by atoms with Crippen molar-refractivity contribution in [3.63, 3.8) is 0 Å². The van der Waals surface area contributed by atoms with Gasteiger partial charge in [-0.05, 0) is 42.9 Å². The second-order valence-corrected chi connectivity index (χ2v) is 5.53. The number of hydrogen-bond donors (Lipinski definition) is 1. The Morgan fingerprint density at radius 3 is 2.69 bits per heavy atom. The fourth-order valence-corrected chi connectivity index (χ4v) is 3.44. The van der Waals surface area contributed by atoms with Crippen molar-refractivity contribution < 1.29 is 0 Å². The zero-order valence-electron chi connectivity index (χ0n) is 9.51. The smallest absolute Gasteiger partial charge is 0.0459 e. The molecule has 0 amide bonds. The number of nitrogens with one attached hydrogen (secondary N) is 1. The Hall–Kier alpha value is -0.690. The van der Waals surface area contributed by atoms with Crippen molar-refractivity contribution in [2.24, 2.45) is 5.92 Å². The average Bonchev–Trinajstić information content (AvgIpc) is 2.76. The van der Waals surface area contributed by atoms with Crippen molar-refractivity contribution in [3.05, 3.63) is 28.8 Å². The Morgan fingerprint density at radius 2 is 1.94 bits per heavy atom. The van der Waals surface area contributed by atoms with Crippen LogP contribution in [0, 0.1) is 5.92 Å². The standard InChI is InChI=1S/C14H18ClN/c15-12-7-4-8-13-11(12)9-14(16-13)10-5-2-1-3-6-10/h4,7-8,10,14,16H,1-3,5-6,9H2. The molecule has 86 valence electrons. The summed E-state index contributed by atoms with van der Waals surface area (Å²) < 4.78 is 0. The maximum Gasteiger partial charge on any atom is 0.0459 e. The topological polar surface area (TPSA) is 12.0 Å². The lowest BCUT2D eigenvalue weighted by Crippen LogP contribution is -2.28. The predicted molar refractivity (Wildman–Crippen MR) is 69.1 cm³/mol. The highest BCUT2D eigenvalue weighted by Gasteiger charge is 2.29. The van der Waals surface area contributed by atoms with Gasteiger partial charge in [0.15, 0.2) is 0 Å². The first kappa shape index (κ1) is 10.5. The van der Waals surface area contributed by atoms with Gasteiger partial charge in [0.1, 0.15) is 0 Å². The zero-order valence-corrected chi connectivity index (χ0v) is 10.3. The molecule has 1 atom stereocenters. The third kappa shape index (κ3) is 1.82. The average molecular weight is 236 g/mol. The van der Waals surface area contributed by atoms with Gasteiger partial charge in [0.2, 0.25) is 0 Å². The Labute approximate surface area is 102 Å². The molecule has 1 fully saturated rings. The van der Waals surface area contributed by atoms with Crippen LogP contribution in [0.4, 0.5) is 5.69 Å². The number of rotatable bonds is 1. The first-order valence-corrected chi connectivity index (χ1v) is 6.76. The molecule has 0 bridgehead atoms. The van der Waals surface area contributed by atoms with Crippen molar-refractivity contribution in [2.75, 3.05) is 5.32 Å². The van der Waals surface area contributed by atoms with Gasteiger partial charge < -0.3 is 5.32 Å². The van der Waals surface area contributed by atoms with Crippen LogP contribution < -0.4 is 5.32 Å². The van der Waals surface area contributed by atoms with Gasteiger partial charge in [-0.15, -0.1) is 0 Å². The fraction of sp³-hybridized carbons (Fsp3) is 0.571. The van der Waals surface area contributed by atoms with Crippen LogP contribution >= 0.6 is 11.6 Å². The molecule has 2 heteroatoms. The fourth-order valence-electron chi connectivity index (χ4n) is 3.19. The van der Waals surface area contributed by atoms with E-state index >= 15 is 0 Å². The third-order valence-electron chi connectivity index (χ3n) is 4.10. The SMILES string of the molecule is Clc1cccc2c1CC(C1CCCCC1)N2. The van der Waals surface area contributed by atoms with Gasteiger partial charge in [0.25, 0.3) is 0 Å². The van der Waals surface area contributed by atoms with Crippen molar-refractivity contribution in [1.82, 2.24) is 0 Å². The molecule has 0 spiro atoms. The van der Waals surface area contributed by atoms with E-state index in [1.54, 1.807) is 0 Å². The van der Waals surface area contributed by atoms with Crippen molar-refractivity contribution in [1.29, 1.82) is 0 Å². The highest BCUT2D eigenvalue weighted by atomic mass is 35.5. The van der Waals surface area contributed by atoms with Crippen LogP contribution in [-0.4, -0.2) is 6.04 Å². The lowest BCUT2D eigenvalue weighted by Gasteiger charge is -2.27. The van der Waals surface area contributed by atoms with Gasteiger partial charge in [0, 0.05) is 16.8 Å². The van der Waals surface area contributed by atoms with Gasteiger partial charge in [0.05, 0.1) is 0 Å². The second-order valence-electron chi connectivity index (χ2n) is 5.12. The highest BCUT2D eigenvalue weighted by molar-refractivity contribution is 6.31. The summed E-state index contributed by atoms with van der Waals surface area (Å²) in [6.45, 7) is 0. The Morgan fingerprint density at radius 1 is 1.12 bits per heavy atom. The first-order chi connectivity index (χ1) is 7.84. The van der Waals surface area contributed by atoms with E-state index in [9.17, 15) is 0 Å². The van der Waals surface area contributed by atoms with Crippen LogP contribution in [0.15, 0.2) is 18.2 Å². The molecule has 1 nitrogen and oxygen atoms in total. The van der Waals surface area contributed by atoms with Gasteiger partial charge in [-0.2, -0.15) is 0 Å². The molecule has 1 saturated carbocycles. The van der Waals surface area contributed by atoms with Crippen molar-refractivity contribution in [3.8, 4) is 0 Å². The van der Waals surface area contributed by atoms with E-state index in [4.69, 9.17) is 11.6 Å². The molecule has 0 radical (unpaired) electrons. The van der Waals surface area contributed by atoms with E-state index in [1.165, 1.54) is 43.4 Å². The molecule has 1 aromatic rings. The molecule has 1 aromatic carbocycles. The largest absolute Gasteiger partial charge is 0.381 e. The minimum Gasteiger partial charge on any atom is -0.381 e. The van der Waals surface area contributed by atoms with Crippen LogP contribution in [0.3, 0.4) is 0 Å². The van der Waals surface area contributed by atoms with E-state index in [0.29, 0.717) is 6.04 Å². The van der Waals surface area contributed by atoms with Gasteiger partial charge in [-0.1, -0.05) is 36.9 Å².